The lowest BCUT2D eigenvalue weighted by atomic mass is 9.70. The van der Waals surface area contributed by atoms with Crippen LogP contribution >= 0.6 is 0 Å². The highest BCUT2D eigenvalue weighted by Gasteiger charge is 2.30. The smallest absolute Gasteiger partial charge is 0.277 e. The van der Waals surface area contributed by atoms with E-state index in [0.29, 0.717) is 11.3 Å². The lowest BCUT2D eigenvalue weighted by molar-refractivity contribution is -0.123. The van der Waals surface area contributed by atoms with Crippen molar-refractivity contribution < 1.29 is 9.53 Å². The van der Waals surface area contributed by atoms with E-state index in [1.54, 1.807) is 24.3 Å². The van der Waals surface area contributed by atoms with E-state index in [-0.39, 0.29) is 12.5 Å². The molecule has 0 radical (unpaired) electrons. The molecule has 1 aromatic rings. The molecule has 0 saturated heterocycles. The van der Waals surface area contributed by atoms with E-state index >= 15 is 0 Å². The first-order valence-electron chi connectivity index (χ1n) is 8.72. The van der Waals surface area contributed by atoms with Gasteiger partial charge in [-0.25, -0.2) is 5.43 Å². The zero-order valence-electron chi connectivity index (χ0n) is 13.8. The maximum Gasteiger partial charge on any atom is 0.277 e. The third-order valence-electron chi connectivity index (χ3n) is 5.06. The molecule has 2 saturated carbocycles. The summed E-state index contributed by atoms with van der Waals surface area (Å²) >= 11 is 0. The van der Waals surface area contributed by atoms with E-state index in [4.69, 9.17) is 10.00 Å². The average Bonchev–Trinajstić information content (AvgIpc) is 2.65. The summed E-state index contributed by atoms with van der Waals surface area (Å²) in [6, 6.07) is 8.73. The SMILES string of the molecule is N#Cc1ccc(OCC(=O)N/N=C2\CC[C@H]3CCCC[C@H]3C2)cc1. The first kappa shape index (κ1) is 16.5. The molecule has 0 spiro atoms. The minimum atomic E-state index is -0.252. The van der Waals surface area contributed by atoms with Crippen molar-refractivity contribution in [2.45, 2.75) is 44.9 Å². The molecule has 2 fully saturated rings. The summed E-state index contributed by atoms with van der Waals surface area (Å²) in [5, 5.41) is 13.1. The molecule has 2 aliphatic rings. The Balaban J connectivity index is 1.44. The molecule has 3 rings (SSSR count). The van der Waals surface area contributed by atoms with Crippen molar-refractivity contribution in [3.8, 4) is 11.8 Å². The van der Waals surface area contributed by atoms with Crippen molar-refractivity contribution >= 4 is 11.6 Å². The predicted molar refractivity (Wildman–Crippen MR) is 91.5 cm³/mol. The number of carbonyl (C=O) groups excluding carboxylic acids is 1. The number of nitriles is 1. The number of ether oxygens (including phenoxy) is 1. The van der Waals surface area contributed by atoms with Gasteiger partial charge in [0.25, 0.3) is 5.91 Å². The van der Waals surface area contributed by atoms with Gasteiger partial charge in [0, 0.05) is 5.71 Å². The lowest BCUT2D eigenvalue weighted by Gasteiger charge is -2.35. The van der Waals surface area contributed by atoms with Crippen molar-refractivity contribution in [2.24, 2.45) is 16.9 Å². The molecule has 2 atom stereocenters. The van der Waals surface area contributed by atoms with Crippen LogP contribution in [0.2, 0.25) is 0 Å². The Morgan fingerprint density at radius 2 is 1.96 bits per heavy atom. The molecule has 0 heterocycles. The summed E-state index contributed by atoms with van der Waals surface area (Å²) < 4.78 is 5.40. The van der Waals surface area contributed by atoms with Crippen molar-refractivity contribution in [1.82, 2.24) is 5.43 Å². The Morgan fingerprint density at radius 3 is 2.71 bits per heavy atom. The van der Waals surface area contributed by atoms with E-state index < -0.39 is 0 Å². The summed E-state index contributed by atoms with van der Waals surface area (Å²) in [6.07, 6.45) is 8.61. The molecule has 0 aliphatic heterocycles. The number of nitrogens with one attached hydrogen (secondary N) is 1. The van der Waals surface area contributed by atoms with Gasteiger partial charge in [0.1, 0.15) is 5.75 Å². The molecule has 5 nitrogen and oxygen atoms in total. The van der Waals surface area contributed by atoms with Crippen molar-refractivity contribution in [3.63, 3.8) is 0 Å². The molecule has 2 aliphatic carbocycles. The van der Waals surface area contributed by atoms with Crippen LogP contribution in [0.3, 0.4) is 0 Å². The van der Waals surface area contributed by atoms with Gasteiger partial charge in [0.05, 0.1) is 11.6 Å². The van der Waals surface area contributed by atoms with Gasteiger partial charge in [-0.2, -0.15) is 10.4 Å². The van der Waals surface area contributed by atoms with Crippen LogP contribution in [0, 0.1) is 23.2 Å². The number of carbonyl (C=O) groups is 1. The summed E-state index contributed by atoms with van der Waals surface area (Å²) in [7, 11) is 0. The zero-order chi connectivity index (χ0) is 16.8. The van der Waals surface area contributed by atoms with Crippen LogP contribution < -0.4 is 10.2 Å². The van der Waals surface area contributed by atoms with Crippen LogP contribution in [0.15, 0.2) is 29.4 Å². The van der Waals surface area contributed by atoms with E-state index in [9.17, 15) is 4.79 Å². The Morgan fingerprint density at radius 1 is 1.21 bits per heavy atom. The highest BCUT2D eigenvalue weighted by atomic mass is 16.5. The largest absolute Gasteiger partial charge is 0.484 e. The number of rotatable bonds is 4. The fourth-order valence-electron chi connectivity index (χ4n) is 3.74. The number of hydrazone groups is 1. The predicted octanol–water partition coefficient (Wildman–Crippen LogP) is 3.40. The molecule has 126 valence electrons. The number of hydrogen-bond donors (Lipinski definition) is 1. The topological polar surface area (TPSA) is 74.5 Å². The maximum absolute atomic E-state index is 11.9. The molecule has 1 aromatic carbocycles. The van der Waals surface area contributed by atoms with Gasteiger partial charge in [0.15, 0.2) is 6.61 Å². The first-order valence-corrected chi connectivity index (χ1v) is 8.72. The van der Waals surface area contributed by atoms with Crippen molar-refractivity contribution in [2.75, 3.05) is 6.61 Å². The number of nitrogens with zero attached hydrogens (tertiary/aromatic N) is 2. The average molecular weight is 325 g/mol. The minimum absolute atomic E-state index is 0.0747. The van der Waals surface area contributed by atoms with Crippen LogP contribution in [0.25, 0.3) is 0 Å². The second kappa shape index (κ2) is 7.96. The molecule has 1 N–H and O–H groups in total. The lowest BCUT2D eigenvalue weighted by Crippen LogP contribution is -2.31. The number of amides is 1. The van der Waals surface area contributed by atoms with Crippen LogP contribution in [0.1, 0.15) is 50.5 Å². The van der Waals surface area contributed by atoms with Crippen molar-refractivity contribution in [3.05, 3.63) is 29.8 Å². The molecule has 24 heavy (non-hydrogen) atoms. The van der Waals surface area contributed by atoms with E-state index in [1.807, 2.05) is 6.07 Å². The maximum atomic E-state index is 11.9. The van der Waals surface area contributed by atoms with Crippen molar-refractivity contribution in [1.29, 1.82) is 5.26 Å². The van der Waals surface area contributed by atoms with Gasteiger partial charge in [-0.15, -0.1) is 0 Å². The van der Waals surface area contributed by atoms with Gasteiger partial charge >= 0.3 is 0 Å². The quantitative estimate of drug-likeness (QED) is 0.862. The number of benzene rings is 1. The fraction of sp³-hybridized carbons (Fsp3) is 0.526. The zero-order valence-corrected chi connectivity index (χ0v) is 13.8. The molecule has 0 unspecified atom stereocenters. The summed E-state index contributed by atoms with van der Waals surface area (Å²) in [6.45, 7) is -0.0747. The molecule has 0 aromatic heterocycles. The third kappa shape index (κ3) is 4.35. The Bertz CT molecular complexity index is 646. The Kier molecular flexibility index (Phi) is 5.47. The monoisotopic (exact) mass is 325 g/mol. The normalized spacial score (nSPS) is 24.7. The van der Waals surface area contributed by atoms with E-state index in [0.717, 1.165) is 30.4 Å². The van der Waals surface area contributed by atoms with Gasteiger partial charge in [-0.05, 0) is 61.8 Å². The fourth-order valence-corrected chi connectivity index (χ4v) is 3.74. The van der Waals surface area contributed by atoms with Crippen LogP contribution in [-0.4, -0.2) is 18.2 Å². The highest BCUT2D eigenvalue weighted by Crippen LogP contribution is 2.39. The van der Waals surface area contributed by atoms with Crippen LogP contribution in [0.4, 0.5) is 0 Å². The summed E-state index contributed by atoms with van der Waals surface area (Å²) in [5.74, 6) is 1.95. The first-order chi connectivity index (χ1) is 11.7. The van der Waals surface area contributed by atoms with Gasteiger partial charge in [0.2, 0.25) is 0 Å². The minimum Gasteiger partial charge on any atom is -0.484 e. The van der Waals surface area contributed by atoms with E-state index in [1.165, 1.54) is 32.1 Å². The molecular formula is C19H23N3O2. The molecule has 0 bridgehead atoms. The standard InChI is InChI=1S/C19H23N3O2/c20-12-14-5-9-18(10-6-14)24-13-19(23)22-21-17-8-7-15-3-1-2-4-16(15)11-17/h5-6,9-10,15-16H,1-4,7-8,11,13H2,(H,22,23)/b21-17+/t15-,16+/m1/s1. The second-order valence-electron chi connectivity index (χ2n) is 6.69. The number of hydrogen-bond acceptors (Lipinski definition) is 4. The molecule has 1 amide bonds. The summed E-state index contributed by atoms with van der Waals surface area (Å²) in [5.41, 5.74) is 4.29. The molecule has 5 heteroatoms. The number of fused-ring (bicyclic) bond motifs is 1. The molecular weight excluding hydrogens is 302 g/mol. The van der Waals surface area contributed by atoms with Gasteiger partial charge < -0.3 is 4.74 Å². The highest BCUT2D eigenvalue weighted by molar-refractivity contribution is 5.87. The van der Waals surface area contributed by atoms with Gasteiger partial charge in [-0.1, -0.05) is 19.3 Å². The van der Waals surface area contributed by atoms with Gasteiger partial charge in [-0.3, -0.25) is 4.79 Å². The van der Waals surface area contributed by atoms with E-state index in [2.05, 4.69) is 10.5 Å². The van der Waals surface area contributed by atoms with Crippen LogP contribution in [-0.2, 0) is 4.79 Å². The second-order valence-corrected chi connectivity index (χ2v) is 6.69. The third-order valence-corrected chi connectivity index (χ3v) is 5.06. The summed E-state index contributed by atoms with van der Waals surface area (Å²) in [4.78, 5) is 11.9. The Hall–Kier alpha value is -2.35. The Labute approximate surface area is 142 Å². The van der Waals surface area contributed by atoms with Crippen LogP contribution in [0.5, 0.6) is 5.75 Å².